The highest BCUT2D eigenvalue weighted by Crippen LogP contribution is 2.18. The summed E-state index contributed by atoms with van der Waals surface area (Å²) in [5.74, 6) is 0.676. The normalized spacial score (nSPS) is 10.5. The minimum Gasteiger partial charge on any atom is -0.397 e. The van der Waals surface area contributed by atoms with Crippen LogP contribution in [-0.2, 0) is 13.5 Å². The van der Waals surface area contributed by atoms with E-state index < -0.39 is 0 Å². The molecule has 1 aromatic carbocycles. The van der Waals surface area contributed by atoms with E-state index in [4.69, 9.17) is 5.73 Å². The molecule has 0 bridgehead atoms. The molecule has 0 fully saturated rings. The first-order valence-corrected chi connectivity index (χ1v) is 5.42. The molecule has 0 saturated carbocycles. The lowest BCUT2D eigenvalue weighted by Crippen LogP contribution is -2.09. The van der Waals surface area contributed by atoms with Gasteiger partial charge in [-0.15, -0.1) is 0 Å². The molecule has 0 spiro atoms. The van der Waals surface area contributed by atoms with Gasteiger partial charge in [-0.05, 0) is 18.2 Å². The molecule has 90 valence electrons. The lowest BCUT2D eigenvalue weighted by molar-refractivity contribution is 0.628. The Morgan fingerprint density at radius 2 is 2.29 bits per heavy atom. The Morgan fingerprint density at radius 3 is 2.94 bits per heavy atom. The zero-order valence-electron chi connectivity index (χ0n) is 9.65. The minimum absolute atomic E-state index is 0.322. The van der Waals surface area contributed by atoms with Gasteiger partial charge in [0, 0.05) is 32.4 Å². The van der Waals surface area contributed by atoms with Crippen LogP contribution in [0.15, 0.2) is 30.6 Å². The monoisotopic (exact) mass is 234 g/mol. The van der Waals surface area contributed by atoms with E-state index in [-0.39, 0.29) is 5.82 Å². The molecule has 5 heteroatoms. The van der Waals surface area contributed by atoms with Crippen LogP contribution in [0.25, 0.3) is 0 Å². The van der Waals surface area contributed by atoms with Gasteiger partial charge in [-0.2, -0.15) is 0 Å². The van der Waals surface area contributed by atoms with Crippen molar-refractivity contribution in [1.29, 1.82) is 0 Å². The highest BCUT2D eigenvalue weighted by atomic mass is 19.1. The Labute approximate surface area is 99.3 Å². The smallest absolute Gasteiger partial charge is 0.125 e. The van der Waals surface area contributed by atoms with Crippen LogP contribution in [0.3, 0.4) is 0 Å². The number of nitrogens with two attached hydrogens (primary N) is 1. The molecule has 4 nitrogen and oxygen atoms in total. The lowest BCUT2D eigenvalue weighted by Gasteiger charge is -2.09. The van der Waals surface area contributed by atoms with Gasteiger partial charge in [0.05, 0.1) is 11.4 Å². The van der Waals surface area contributed by atoms with Gasteiger partial charge in [0.25, 0.3) is 0 Å². The topological polar surface area (TPSA) is 55.9 Å². The van der Waals surface area contributed by atoms with Crippen LogP contribution in [0.5, 0.6) is 0 Å². The fraction of sp³-hybridized carbons (Fsp3) is 0.250. The second-order valence-electron chi connectivity index (χ2n) is 3.86. The van der Waals surface area contributed by atoms with Crippen molar-refractivity contribution in [2.45, 2.75) is 6.42 Å². The summed E-state index contributed by atoms with van der Waals surface area (Å²) in [5.41, 5.74) is 6.86. The van der Waals surface area contributed by atoms with E-state index in [1.165, 1.54) is 12.1 Å². The van der Waals surface area contributed by atoms with Gasteiger partial charge in [0.1, 0.15) is 11.6 Å². The Kier molecular flexibility index (Phi) is 3.27. The van der Waals surface area contributed by atoms with Crippen molar-refractivity contribution in [2.24, 2.45) is 7.05 Å². The molecule has 1 aromatic heterocycles. The third-order valence-electron chi connectivity index (χ3n) is 2.60. The summed E-state index contributed by atoms with van der Waals surface area (Å²) in [4.78, 5) is 4.22. The second kappa shape index (κ2) is 4.86. The average Bonchev–Trinajstić information content (AvgIpc) is 2.68. The largest absolute Gasteiger partial charge is 0.397 e. The van der Waals surface area contributed by atoms with Gasteiger partial charge < -0.3 is 15.6 Å². The van der Waals surface area contributed by atoms with Crippen molar-refractivity contribution in [3.63, 3.8) is 0 Å². The maximum atomic E-state index is 12.8. The predicted octanol–water partition coefficient (Wildman–Crippen LogP) is 1.80. The molecule has 0 saturated heterocycles. The highest BCUT2D eigenvalue weighted by molar-refractivity contribution is 5.65. The molecule has 2 rings (SSSR count). The van der Waals surface area contributed by atoms with Crippen LogP contribution in [-0.4, -0.2) is 16.1 Å². The molecule has 2 aromatic rings. The number of hydrogen-bond donors (Lipinski definition) is 2. The van der Waals surface area contributed by atoms with Crippen molar-refractivity contribution in [3.05, 3.63) is 42.2 Å². The molecule has 0 aliphatic carbocycles. The van der Waals surface area contributed by atoms with E-state index in [1.807, 2.05) is 17.8 Å². The van der Waals surface area contributed by atoms with Crippen LogP contribution in [0, 0.1) is 5.82 Å². The predicted molar refractivity (Wildman–Crippen MR) is 66.2 cm³/mol. The molecule has 0 aliphatic rings. The summed E-state index contributed by atoms with van der Waals surface area (Å²) < 4.78 is 14.8. The van der Waals surface area contributed by atoms with Gasteiger partial charge in [-0.25, -0.2) is 9.37 Å². The number of aryl methyl sites for hydroxylation is 1. The van der Waals surface area contributed by atoms with E-state index in [9.17, 15) is 4.39 Å². The molecular formula is C12H15FN4. The summed E-state index contributed by atoms with van der Waals surface area (Å²) in [6.45, 7) is 0.709. The zero-order valence-corrected chi connectivity index (χ0v) is 9.65. The van der Waals surface area contributed by atoms with Crippen LogP contribution in [0.1, 0.15) is 5.82 Å². The van der Waals surface area contributed by atoms with E-state index >= 15 is 0 Å². The van der Waals surface area contributed by atoms with E-state index in [0.717, 1.165) is 17.9 Å². The van der Waals surface area contributed by atoms with Gasteiger partial charge in [-0.3, -0.25) is 0 Å². The molecule has 3 N–H and O–H groups in total. The molecule has 1 heterocycles. The Morgan fingerprint density at radius 1 is 1.47 bits per heavy atom. The standard InChI is InChI=1S/C12H15FN4/c1-17-7-6-16-12(17)4-5-15-11-3-2-9(13)8-10(11)14/h2-3,6-8,15H,4-5,14H2,1H3. The van der Waals surface area contributed by atoms with Crippen molar-refractivity contribution < 1.29 is 4.39 Å². The number of aromatic nitrogens is 2. The van der Waals surface area contributed by atoms with E-state index in [0.29, 0.717) is 12.2 Å². The first kappa shape index (κ1) is 11.4. The Hall–Kier alpha value is -2.04. The lowest BCUT2D eigenvalue weighted by atomic mass is 10.2. The Bertz CT molecular complexity index is 507. The molecule has 0 radical (unpaired) electrons. The first-order chi connectivity index (χ1) is 8.16. The number of rotatable bonds is 4. The van der Waals surface area contributed by atoms with Gasteiger partial charge in [0.15, 0.2) is 0 Å². The second-order valence-corrected chi connectivity index (χ2v) is 3.86. The van der Waals surface area contributed by atoms with Crippen LogP contribution in [0.2, 0.25) is 0 Å². The van der Waals surface area contributed by atoms with Crippen LogP contribution in [0.4, 0.5) is 15.8 Å². The number of nitrogen functional groups attached to an aromatic ring is 1. The third kappa shape index (κ3) is 2.75. The number of hydrogen-bond acceptors (Lipinski definition) is 3. The maximum absolute atomic E-state index is 12.8. The average molecular weight is 234 g/mol. The molecule has 0 aliphatic heterocycles. The summed E-state index contributed by atoms with van der Waals surface area (Å²) in [6.07, 6.45) is 4.46. The molecule has 0 atom stereocenters. The summed E-state index contributed by atoms with van der Waals surface area (Å²) >= 11 is 0. The Balaban J connectivity index is 1.92. The van der Waals surface area contributed by atoms with Crippen LogP contribution >= 0.6 is 0 Å². The number of nitrogens with one attached hydrogen (secondary N) is 1. The molecule has 17 heavy (non-hydrogen) atoms. The van der Waals surface area contributed by atoms with Gasteiger partial charge in [0.2, 0.25) is 0 Å². The van der Waals surface area contributed by atoms with Crippen molar-refractivity contribution in [1.82, 2.24) is 9.55 Å². The first-order valence-electron chi connectivity index (χ1n) is 5.42. The fourth-order valence-corrected chi connectivity index (χ4v) is 1.64. The van der Waals surface area contributed by atoms with E-state index in [2.05, 4.69) is 10.3 Å². The highest BCUT2D eigenvalue weighted by Gasteiger charge is 2.02. The summed E-state index contributed by atoms with van der Waals surface area (Å²) in [7, 11) is 1.95. The number of benzene rings is 1. The van der Waals surface area contributed by atoms with Gasteiger partial charge in [-0.1, -0.05) is 0 Å². The van der Waals surface area contributed by atoms with Crippen LogP contribution < -0.4 is 11.1 Å². The number of imidazole rings is 1. The summed E-state index contributed by atoms with van der Waals surface area (Å²) in [5, 5.41) is 3.16. The van der Waals surface area contributed by atoms with E-state index in [1.54, 1.807) is 12.3 Å². The van der Waals surface area contributed by atoms with Crippen molar-refractivity contribution >= 4 is 11.4 Å². The SMILES string of the molecule is Cn1ccnc1CCNc1ccc(F)cc1N. The number of anilines is 2. The molecule has 0 amide bonds. The fourth-order valence-electron chi connectivity index (χ4n) is 1.64. The summed E-state index contributed by atoms with van der Waals surface area (Å²) in [6, 6.07) is 4.34. The molecule has 0 unspecified atom stereocenters. The number of halogens is 1. The minimum atomic E-state index is -0.322. The van der Waals surface area contributed by atoms with Crippen molar-refractivity contribution in [3.8, 4) is 0 Å². The quantitative estimate of drug-likeness (QED) is 0.793. The number of nitrogens with zero attached hydrogens (tertiary/aromatic N) is 2. The van der Waals surface area contributed by atoms with Gasteiger partial charge >= 0.3 is 0 Å². The van der Waals surface area contributed by atoms with Crippen molar-refractivity contribution in [2.75, 3.05) is 17.6 Å². The third-order valence-corrected chi connectivity index (χ3v) is 2.60. The maximum Gasteiger partial charge on any atom is 0.125 e. The zero-order chi connectivity index (χ0) is 12.3. The molecular weight excluding hydrogens is 219 g/mol.